The van der Waals surface area contributed by atoms with Crippen LogP contribution in [0.15, 0.2) is 36.7 Å². The first-order valence-electron chi connectivity index (χ1n) is 6.40. The minimum Gasteiger partial charge on any atom is -0.339 e. The molecular weight excluding hydrogens is 287 g/mol. The highest BCUT2D eigenvalue weighted by atomic mass is 32.1. The van der Waals surface area contributed by atoms with E-state index in [0.717, 1.165) is 11.3 Å². The summed E-state index contributed by atoms with van der Waals surface area (Å²) in [6.07, 6.45) is 3.61. The molecule has 4 nitrogen and oxygen atoms in total. The largest absolute Gasteiger partial charge is 0.339 e. The maximum absolute atomic E-state index is 13.7. The molecule has 3 rings (SSSR count). The van der Waals surface area contributed by atoms with Crippen molar-refractivity contribution in [1.29, 1.82) is 0 Å². The van der Waals surface area contributed by atoms with Gasteiger partial charge in [-0.05, 0) is 24.6 Å². The van der Waals surface area contributed by atoms with Gasteiger partial charge in [-0.1, -0.05) is 24.4 Å². The van der Waals surface area contributed by atoms with Crippen LogP contribution in [0.1, 0.15) is 5.56 Å². The topological polar surface area (TPSA) is 46.5 Å². The lowest BCUT2D eigenvalue weighted by atomic mass is 10.1. The Hall–Kier alpha value is -2.34. The summed E-state index contributed by atoms with van der Waals surface area (Å²) in [6.45, 7) is 1.72. The maximum atomic E-state index is 13.7. The van der Waals surface area contributed by atoms with Gasteiger partial charge >= 0.3 is 0 Å². The Morgan fingerprint density at radius 3 is 2.71 bits per heavy atom. The molecular formula is C15H13FN4S. The molecule has 0 radical (unpaired) electrons. The molecule has 106 valence electrons. The third-order valence-electron chi connectivity index (χ3n) is 3.20. The summed E-state index contributed by atoms with van der Waals surface area (Å²) in [6, 6.07) is 6.76. The van der Waals surface area contributed by atoms with Gasteiger partial charge in [0, 0.05) is 24.4 Å². The molecule has 0 unspecified atom stereocenters. The second kappa shape index (κ2) is 5.21. The molecule has 0 aliphatic rings. The van der Waals surface area contributed by atoms with E-state index in [1.165, 1.54) is 6.07 Å². The number of halogens is 1. The Morgan fingerprint density at radius 1 is 1.24 bits per heavy atom. The second-order valence-corrected chi connectivity index (χ2v) is 5.27. The van der Waals surface area contributed by atoms with Crippen LogP contribution in [-0.4, -0.2) is 19.7 Å². The highest BCUT2D eigenvalue weighted by molar-refractivity contribution is 7.71. The van der Waals surface area contributed by atoms with Crippen LogP contribution in [0.4, 0.5) is 4.39 Å². The van der Waals surface area contributed by atoms with E-state index in [9.17, 15) is 4.39 Å². The molecule has 0 spiro atoms. The van der Waals surface area contributed by atoms with E-state index in [0.29, 0.717) is 21.6 Å². The van der Waals surface area contributed by atoms with Gasteiger partial charge in [0.2, 0.25) is 0 Å². The molecule has 0 saturated carbocycles. The van der Waals surface area contributed by atoms with Crippen molar-refractivity contribution < 1.29 is 4.39 Å². The summed E-state index contributed by atoms with van der Waals surface area (Å²) in [7, 11) is 1.84. The first-order valence-corrected chi connectivity index (χ1v) is 6.80. The fraction of sp³-hybridized carbons (Fsp3) is 0.133. The first kappa shape index (κ1) is 13.6. The molecule has 1 N–H and O–H groups in total. The Kier molecular flexibility index (Phi) is 3.39. The molecule has 0 saturated heterocycles. The van der Waals surface area contributed by atoms with Gasteiger partial charge in [0.15, 0.2) is 0 Å². The van der Waals surface area contributed by atoms with E-state index in [4.69, 9.17) is 12.2 Å². The normalized spacial score (nSPS) is 10.8. The Bertz CT molecular complexity index is 866. The fourth-order valence-corrected chi connectivity index (χ4v) is 2.26. The van der Waals surface area contributed by atoms with Crippen molar-refractivity contribution in [2.75, 3.05) is 0 Å². The second-order valence-electron chi connectivity index (χ2n) is 4.85. The molecule has 0 atom stereocenters. The number of rotatable bonds is 2. The Labute approximate surface area is 126 Å². The third kappa shape index (κ3) is 2.75. The zero-order valence-corrected chi connectivity index (χ0v) is 12.4. The Balaban J connectivity index is 2.13. The summed E-state index contributed by atoms with van der Waals surface area (Å²) in [5, 5.41) is 4.13. The molecule has 2 aromatic heterocycles. The van der Waals surface area contributed by atoms with E-state index in [1.54, 1.807) is 29.9 Å². The van der Waals surface area contributed by atoms with Gasteiger partial charge in [-0.2, -0.15) is 5.10 Å². The molecule has 0 bridgehead atoms. The number of nitrogens with one attached hydrogen (secondary N) is 1. The number of hydrogen-bond donors (Lipinski definition) is 1. The third-order valence-corrected chi connectivity index (χ3v) is 3.41. The smallest absolute Gasteiger partial charge is 0.139 e. The van der Waals surface area contributed by atoms with E-state index in [2.05, 4.69) is 15.1 Å². The standard InChI is InChI=1S/C15H13FN4S/c1-9-3-4-10(5-12(9)16)15-18-13(6-14(21)19-15)11-7-17-20(2)8-11/h3-8H,1-2H3,(H,18,19,21). The Morgan fingerprint density at radius 2 is 2.05 bits per heavy atom. The van der Waals surface area contributed by atoms with Crippen LogP contribution < -0.4 is 0 Å². The molecule has 2 heterocycles. The van der Waals surface area contributed by atoms with Crippen molar-refractivity contribution in [3.8, 4) is 22.6 Å². The number of aromatic nitrogens is 4. The average molecular weight is 300 g/mol. The highest BCUT2D eigenvalue weighted by Gasteiger charge is 2.07. The van der Waals surface area contributed by atoms with Gasteiger partial charge in [-0.3, -0.25) is 4.68 Å². The molecule has 0 aliphatic carbocycles. The van der Waals surface area contributed by atoms with Crippen LogP contribution in [0, 0.1) is 17.4 Å². The summed E-state index contributed by atoms with van der Waals surface area (Å²) in [5.41, 5.74) is 2.97. The average Bonchev–Trinajstić information content (AvgIpc) is 2.88. The van der Waals surface area contributed by atoms with Crippen molar-refractivity contribution in [3.05, 3.63) is 52.7 Å². The van der Waals surface area contributed by atoms with Gasteiger partial charge < -0.3 is 4.98 Å². The minimum absolute atomic E-state index is 0.264. The molecule has 6 heteroatoms. The zero-order valence-electron chi connectivity index (χ0n) is 11.6. The highest BCUT2D eigenvalue weighted by Crippen LogP contribution is 2.22. The van der Waals surface area contributed by atoms with Crippen LogP contribution in [-0.2, 0) is 7.05 Å². The predicted octanol–water partition coefficient (Wildman–Crippen LogP) is 3.65. The monoisotopic (exact) mass is 300 g/mol. The lowest BCUT2D eigenvalue weighted by molar-refractivity contribution is 0.619. The van der Waals surface area contributed by atoms with Crippen LogP contribution in [0.5, 0.6) is 0 Å². The van der Waals surface area contributed by atoms with Gasteiger partial charge in [-0.25, -0.2) is 9.37 Å². The van der Waals surface area contributed by atoms with Gasteiger partial charge in [0.05, 0.1) is 11.9 Å². The van der Waals surface area contributed by atoms with E-state index >= 15 is 0 Å². The molecule has 0 amide bonds. The van der Waals surface area contributed by atoms with E-state index in [1.807, 2.05) is 19.3 Å². The van der Waals surface area contributed by atoms with Crippen molar-refractivity contribution in [2.24, 2.45) is 7.05 Å². The van der Waals surface area contributed by atoms with Crippen LogP contribution in [0.3, 0.4) is 0 Å². The number of nitrogens with zero attached hydrogens (tertiary/aromatic N) is 3. The summed E-state index contributed by atoms with van der Waals surface area (Å²) in [5.74, 6) is 0.278. The number of hydrogen-bond acceptors (Lipinski definition) is 3. The molecule has 1 aromatic carbocycles. The van der Waals surface area contributed by atoms with Crippen LogP contribution >= 0.6 is 12.2 Å². The zero-order chi connectivity index (χ0) is 15.0. The van der Waals surface area contributed by atoms with Crippen molar-refractivity contribution in [3.63, 3.8) is 0 Å². The summed E-state index contributed by atoms with van der Waals surface area (Å²) in [4.78, 5) is 7.45. The van der Waals surface area contributed by atoms with Crippen molar-refractivity contribution >= 4 is 12.2 Å². The minimum atomic E-state index is -0.264. The molecule has 3 aromatic rings. The fourth-order valence-electron chi connectivity index (χ4n) is 2.05. The molecule has 0 fully saturated rings. The number of aromatic amines is 1. The first-order chi connectivity index (χ1) is 10.0. The quantitative estimate of drug-likeness (QED) is 0.735. The van der Waals surface area contributed by atoms with E-state index in [-0.39, 0.29) is 5.82 Å². The lowest BCUT2D eigenvalue weighted by Crippen LogP contribution is -1.94. The van der Waals surface area contributed by atoms with Crippen molar-refractivity contribution in [1.82, 2.24) is 19.7 Å². The van der Waals surface area contributed by atoms with Gasteiger partial charge in [0.1, 0.15) is 16.3 Å². The maximum Gasteiger partial charge on any atom is 0.139 e. The predicted molar refractivity (Wildman–Crippen MR) is 81.8 cm³/mol. The van der Waals surface area contributed by atoms with Crippen LogP contribution in [0.25, 0.3) is 22.6 Å². The summed E-state index contributed by atoms with van der Waals surface area (Å²) >= 11 is 5.20. The lowest BCUT2D eigenvalue weighted by Gasteiger charge is -2.06. The number of aryl methyl sites for hydroxylation is 2. The van der Waals surface area contributed by atoms with Gasteiger partial charge in [-0.15, -0.1) is 0 Å². The van der Waals surface area contributed by atoms with Gasteiger partial charge in [0.25, 0.3) is 0 Å². The SMILES string of the molecule is Cc1ccc(-c2nc(=S)cc(-c3cnn(C)c3)[nH]2)cc1F. The number of benzene rings is 1. The van der Waals surface area contributed by atoms with Crippen LogP contribution in [0.2, 0.25) is 0 Å². The molecule has 0 aliphatic heterocycles. The number of H-pyrrole nitrogens is 1. The molecule has 21 heavy (non-hydrogen) atoms. The van der Waals surface area contributed by atoms with E-state index < -0.39 is 0 Å². The van der Waals surface area contributed by atoms with Crippen molar-refractivity contribution in [2.45, 2.75) is 6.92 Å². The summed E-state index contributed by atoms with van der Waals surface area (Å²) < 4.78 is 15.9.